The van der Waals surface area contributed by atoms with Crippen LogP contribution < -0.4 is 0 Å². The van der Waals surface area contributed by atoms with Crippen molar-refractivity contribution in [3.8, 4) is 67.4 Å². The molecule has 0 radical (unpaired) electrons. The Balaban J connectivity index is 0.955. The molecule has 8 aromatic carbocycles. The minimum atomic E-state index is 0.700. The van der Waals surface area contributed by atoms with E-state index in [0.29, 0.717) is 5.82 Å². The molecule has 280 valence electrons. The van der Waals surface area contributed by atoms with Crippen LogP contribution in [0.4, 0.5) is 0 Å². The van der Waals surface area contributed by atoms with E-state index in [0.717, 1.165) is 116 Å². The zero-order valence-electron chi connectivity index (χ0n) is 32.2. The van der Waals surface area contributed by atoms with Crippen molar-refractivity contribution in [2.24, 2.45) is 0 Å². The van der Waals surface area contributed by atoms with Crippen LogP contribution >= 0.6 is 0 Å². The van der Waals surface area contributed by atoms with Crippen molar-refractivity contribution in [2.45, 2.75) is 0 Å². The third-order valence-electron chi connectivity index (χ3n) is 11.5. The predicted molar refractivity (Wildman–Crippen MR) is 245 cm³/mol. The first-order chi connectivity index (χ1) is 29.7. The average Bonchev–Trinajstić information content (AvgIpc) is 3.91. The summed E-state index contributed by atoms with van der Waals surface area (Å²) in [7, 11) is 0. The van der Waals surface area contributed by atoms with Crippen molar-refractivity contribution >= 4 is 54.8 Å². The minimum absolute atomic E-state index is 0.700. The molecule has 0 saturated carbocycles. The number of pyridine rings is 1. The molecule has 0 saturated heterocycles. The van der Waals surface area contributed by atoms with Gasteiger partial charge in [0.05, 0.1) is 16.9 Å². The number of furan rings is 2. The van der Waals surface area contributed by atoms with E-state index in [1.54, 1.807) is 0 Å². The van der Waals surface area contributed by atoms with E-state index in [1.807, 2.05) is 60.7 Å². The molecule has 0 aliphatic carbocycles. The topological polar surface area (TPSA) is 65.0 Å². The summed E-state index contributed by atoms with van der Waals surface area (Å²) in [4.78, 5) is 15.4. The van der Waals surface area contributed by atoms with Crippen molar-refractivity contribution in [2.75, 3.05) is 0 Å². The maximum Gasteiger partial charge on any atom is 0.162 e. The molecule has 60 heavy (non-hydrogen) atoms. The number of fused-ring (bicyclic) bond motifs is 8. The highest BCUT2D eigenvalue weighted by Gasteiger charge is 2.21. The molecule has 5 nitrogen and oxygen atoms in total. The predicted octanol–water partition coefficient (Wildman–Crippen LogP) is 14.8. The van der Waals surface area contributed by atoms with Gasteiger partial charge < -0.3 is 8.83 Å². The largest absolute Gasteiger partial charge is 0.455 e. The molecule has 5 heteroatoms. The fraction of sp³-hybridized carbons (Fsp3) is 0. The normalized spacial score (nSPS) is 11.7. The van der Waals surface area contributed by atoms with Crippen LogP contribution in [0.3, 0.4) is 0 Å². The average molecular weight is 768 g/mol. The summed E-state index contributed by atoms with van der Waals surface area (Å²) in [5, 5.41) is 5.35. The van der Waals surface area contributed by atoms with Crippen molar-refractivity contribution in [1.82, 2.24) is 15.0 Å². The third kappa shape index (κ3) is 5.59. The number of benzene rings is 8. The van der Waals surface area contributed by atoms with E-state index in [2.05, 4.69) is 140 Å². The standard InChI is InChI=1S/C55H33N3O2/c1-3-13-36(14-4-1)46-33-47(57-55(56-46)39-15-5-2-6-16-39)37-29-25-34(26-30-37)35-27-31-38(32-28-35)51-54-50(44-18-8-10-24-49(44)60-54)45-22-11-19-41(52(45)58-51)43-21-12-20-42-40-17-7-9-23-48(40)59-53(42)43/h1-33H. The summed E-state index contributed by atoms with van der Waals surface area (Å²) in [6.45, 7) is 0. The lowest BCUT2D eigenvalue weighted by Gasteiger charge is -2.12. The van der Waals surface area contributed by atoms with E-state index < -0.39 is 0 Å². The van der Waals surface area contributed by atoms with Gasteiger partial charge in [-0.3, -0.25) is 0 Å². The van der Waals surface area contributed by atoms with Crippen LogP contribution in [0, 0.1) is 0 Å². The molecule has 0 aliphatic rings. The first-order valence-corrected chi connectivity index (χ1v) is 20.1. The van der Waals surface area contributed by atoms with Crippen LogP contribution in [0.1, 0.15) is 0 Å². The summed E-state index contributed by atoms with van der Waals surface area (Å²) in [5.41, 5.74) is 15.0. The molecular formula is C55H33N3O2. The van der Waals surface area contributed by atoms with Gasteiger partial charge in [-0.1, -0.05) is 182 Å². The summed E-state index contributed by atoms with van der Waals surface area (Å²) < 4.78 is 13.2. The first-order valence-electron chi connectivity index (χ1n) is 20.1. The summed E-state index contributed by atoms with van der Waals surface area (Å²) in [5.74, 6) is 0.700. The van der Waals surface area contributed by atoms with Crippen molar-refractivity contribution in [3.63, 3.8) is 0 Å². The lowest BCUT2D eigenvalue weighted by molar-refractivity contribution is 0.669. The molecule has 0 atom stereocenters. The molecule has 0 aliphatic heterocycles. The van der Waals surface area contributed by atoms with Crippen molar-refractivity contribution in [3.05, 3.63) is 200 Å². The Morgan fingerprint density at radius 2 is 0.817 bits per heavy atom. The van der Waals surface area contributed by atoms with Gasteiger partial charge in [-0.05, 0) is 29.3 Å². The second-order valence-corrected chi connectivity index (χ2v) is 15.1. The van der Waals surface area contributed by atoms with Gasteiger partial charge in [-0.25, -0.2) is 15.0 Å². The number of aromatic nitrogens is 3. The quantitative estimate of drug-likeness (QED) is 0.169. The van der Waals surface area contributed by atoms with Crippen LogP contribution in [-0.2, 0) is 0 Å². The fourth-order valence-corrected chi connectivity index (χ4v) is 8.60. The van der Waals surface area contributed by atoms with Crippen LogP contribution in [0.15, 0.2) is 209 Å². The van der Waals surface area contributed by atoms with Gasteiger partial charge in [-0.2, -0.15) is 0 Å². The van der Waals surface area contributed by atoms with Gasteiger partial charge in [0, 0.05) is 60.3 Å². The van der Waals surface area contributed by atoms with E-state index >= 15 is 0 Å². The summed E-state index contributed by atoms with van der Waals surface area (Å²) in [6, 6.07) is 69.0. The second-order valence-electron chi connectivity index (χ2n) is 15.1. The maximum absolute atomic E-state index is 6.65. The van der Waals surface area contributed by atoms with Gasteiger partial charge in [0.25, 0.3) is 0 Å². The molecular weight excluding hydrogens is 735 g/mol. The Morgan fingerprint density at radius 3 is 1.52 bits per heavy atom. The van der Waals surface area contributed by atoms with Crippen LogP contribution in [0.5, 0.6) is 0 Å². The van der Waals surface area contributed by atoms with Gasteiger partial charge in [0.2, 0.25) is 0 Å². The zero-order valence-corrected chi connectivity index (χ0v) is 32.2. The Morgan fingerprint density at radius 1 is 0.317 bits per heavy atom. The van der Waals surface area contributed by atoms with E-state index in [-0.39, 0.29) is 0 Å². The lowest BCUT2D eigenvalue weighted by Crippen LogP contribution is -1.95. The highest BCUT2D eigenvalue weighted by atomic mass is 16.3. The molecule has 4 aromatic heterocycles. The Hall–Kier alpha value is -8.15. The molecule has 0 spiro atoms. The highest BCUT2D eigenvalue weighted by Crippen LogP contribution is 2.44. The monoisotopic (exact) mass is 767 g/mol. The number of rotatable bonds is 6. The Bertz CT molecular complexity index is 3510. The van der Waals surface area contributed by atoms with E-state index in [4.69, 9.17) is 23.8 Å². The molecule has 0 N–H and O–H groups in total. The van der Waals surface area contributed by atoms with Crippen LogP contribution in [0.25, 0.3) is 122 Å². The van der Waals surface area contributed by atoms with Crippen molar-refractivity contribution < 1.29 is 8.83 Å². The molecule has 0 unspecified atom stereocenters. The summed E-state index contributed by atoms with van der Waals surface area (Å²) in [6.07, 6.45) is 0. The second kappa shape index (κ2) is 13.8. The van der Waals surface area contributed by atoms with Gasteiger partial charge >= 0.3 is 0 Å². The first kappa shape index (κ1) is 33.9. The smallest absolute Gasteiger partial charge is 0.162 e. The van der Waals surface area contributed by atoms with Crippen LogP contribution in [-0.4, -0.2) is 15.0 Å². The van der Waals surface area contributed by atoms with Gasteiger partial charge in [0.15, 0.2) is 11.4 Å². The van der Waals surface area contributed by atoms with E-state index in [1.165, 1.54) is 0 Å². The molecule has 4 heterocycles. The zero-order chi connectivity index (χ0) is 39.6. The number of hydrogen-bond donors (Lipinski definition) is 0. The molecule has 12 rings (SSSR count). The number of hydrogen-bond acceptors (Lipinski definition) is 5. The van der Waals surface area contributed by atoms with Crippen molar-refractivity contribution in [1.29, 1.82) is 0 Å². The number of nitrogens with zero attached hydrogens (tertiary/aromatic N) is 3. The maximum atomic E-state index is 6.65. The summed E-state index contributed by atoms with van der Waals surface area (Å²) >= 11 is 0. The highest BCUT2D eigenvalue weighted by molar-refractivity contribution is 6.23. The molecule has 0 bridgehead atoms. The van der Waals surface area contributed by atoms with Gasteiger partial charge in [0.1, 0.15) is 22.4 Å². The SMILES string of the molecule is c1ccc(-c2cc(-c3ccc(-c4ccc(-c5nc6c(-c7cccc8c7oc7ccccc78)cccc6c6c5oc5ccccc56)cc4)cc3)nc(-c3ccccc3)n2)cc1. The molecule has 0 fully saturated rings. The molecule has 0 amide bonds. The minimum Gasteiger partial charge on any atom is -0.455 e. The van der Waals surface area contributed by atoms with Gasteiger partial charge in [-0.15, -0.1) is 0 Å². The Kier molecular flexibility index (Phi) is 7.78. The molecule has 12 aromatic rings. The fourth-order valence-electron chi connectivity index (χ4n) is 8.60. The third-order valence-corrected chi connectivity index (χ3v) is 11.5. The van der Waals surface area contributed by atoms with E-state index in [9.17, 15) is 0 Å². The Labute approximate surface area is 344 Å². The lowest BCUT2D eigenvalue weighted by atomic mass is 9.96. The van der Waals surface area contributed by atoms with Crippen LogP contribution in [0.2, 0.25) is 0 Å². The number of para-hydroxylation sites is 4.